The van der Waals surface area contributed by atoms with Gasteiger partial charge in [-0.1, -0.05) is 52.4 Å². The van der Waals surface area contributed by atoms with Gasteiger partial charge >= 0.3 is 0 Å². The van der Waals surface area contributed by atoms with E-state index in [4.69, 9.17) is 0 Å². The fourth-order valence-electron chi connectivity index (χ4n) is 2.75. The van der Waals surface area contributed by atoms with Gasteiger partial charge in [0.25, 0.3) is 0 Å². The maximum atomic E-state index is 2.42. The van der Waals surface area contributed by atoms with Crippen molar-refractivity contribution in [2.24, 2.45) is 0 Å². The van der Waals surface area contributed by atoms with Crippen LogP contribution in [0.25, 0.3) is 9.40 Å². The average molecular weight is 309 g/mol. The molecule has 0 amide bonds. The van der Waals surface area contributed by atoms with Gasteiger partial charge in [0.05, 0.1) is 0 Å². The second kappa shape index (κ2) is 8.84. The number of rotatable bonds is 10. The first kappa shape index (κ1) is 16.0. The number of aryl methyl sites for hydroxylation is 2. The lowest BCUT2D eigenvalue weighted by Gasteiger charge is -1.98. The summed E-state index contributed by atoms with van der Waals surface area (Å²) >= 11 is 3.97. The van der Waals surface area contributed by atoms with Gasteiger partial charge in [-0.05, 0) is 47.6 Å². The van der Waals surface area contributed by atoms with E-state index in [2.05, 4.69) is 24.6 Å². The van der Waals surface area contributed by atoms with Crippen molar-refractivity contribution in [3.8, 4) is 0 Å². The Morgan fingerprint density at radius 3 is 1.50 bits per heavy atom. The lowest BCUT2D eigenvalue weighted by atomic mass is 10.1. The summed E-state index contributed by atoms with van der Waals surface area (Å²) in [6.45, 7) is 4.57. The first-order valence-electron chi connectivity index (χ1n) is 8.33. The Morgan fingerprint density at radius 1 is 0.650 bits per heavy atom. The van der Waals surface area contributed by atoms with Gasteiger partial charge in [0.2, 0.25) is 0 Å². The molecule has 0 nitrogen and oxygen atoms in total. The zero-order valence-electron chi connectivity index (χ0n) is 13.0. The number of thiophene rings is 2. The van der Waals surface area contributed by atoms with Gasteiger partial charge in [-0.3, -0.25) is 0 Å². The second-order valence-electron chi connectivity index (χ2n) is 5.80. The van der Waals surface area contributed by atoms with E-state index in [1.54, 1.807) is 20.5 Å². The molecule has 112 valence electrons. The van der Waals surface area contributed by atoms with Crippen LogP contribution >= 0.6 is 22.7 Å². The van der Waals surface area contributed by atoms with E-state index in [0.717, 1.165) is 0 Å². The minimum absolute atomic E-state index is 1.29. The molecule has 2 heteroatoms. The van der Waals surface area contributed by atoms with Crippen LogP contribution in [0, 0.1) is 0 Å². The van der Waals surface area contributed by atoms with Crippen LogP contribution < -0.4 is 0 Å². The number of hydrogen-bond acceptors (Lipinski definition) is 2. The lowest BCUT2D eigenvalue weighted by Crippen LogP contribution is -1.83. The van der Waals surface area contributed by atoms with Gasteiger partial charge < -0.3 is 0 Å². The van der Waals surface area contributed by atoms with E-state index in [1.165, 1.54) is 64.2 Å². The fraction of sp³-hybridized carbons (Fsp3) is 0.667. The Hall–Kier alpha value is -0.340. The number of hydrogen-bond donors (Lipinski definition) is 0. The van der Waals surface area contributed by atoms with Crippen molar-refractivity contribution < 1.29 is 0 Å². The molecule has 0 aliphatic carbocycles. The molecule has 0 fully saturated rings. The van der Waals surface area contributed by atoms with E-state index < -0.39 is 0 Å². The summed E-state index contributed by atoms with van der Waals surface area (Å²) in [7, 11) is 0. The van der Waals surface area contributed by atoms with Crippen molar-refractivity contribution in [2.45, 2.75) is 78.1 Å². The van der Waals surface area contributed by atoms with Crippen LogP contribution in [0.4, 0.5) is 0 Å². The molecule has 0 N–H and O–H groups in total. The highest BCUT2D eigenvalue weighted by molar-refractivity contribution is 7.26. The quantitative estimate of drug-likeness (QED) is 0.407. The normalized spacial score (nSPS) is 11.5. The molecule has 2 heterocycles. The maximum Gasteiger partial charge on any atom is 0.0485 e. The maximum absolute atomic E-state index is 2.42. The summed E-state index contributed by atoms with van der Waals surface area (Å²) in [5.74, 6) is 0. The first-order chi connectivity index (χ1) is 9.86. The van der Waals surface area contributed by atoms with Gasteiger partial charge in [-0.25, -0.2) is 0 Å². The van der Waals surface area contributed by atoms with Gasteiger partial charge in [0.15, 0.2) is 0 Å². The Kier molecular flexibility index (Phi) is 7.09. The van der Waals surface area contributed by atoms with Crippen LogP contribution in [0.15, 0.2) is 10.8 Å². The zero-order valence-corrected chi connectivity index (χ0v) is 14.7. The largest absolute Gasteiger partial charge is 0.142 e. The summed E-state index contributed by atoms with van der Waals surface area (Å²) in [5.41, 5.74) is 3.23. The molecule has 0 bridgehead atoms. The molecule has 2 aromatic rings. The molecule has 0 saturated heterocycles. The highest BCUT2D eigenvalue weighted by atomic mass is 32.1. The average Bonchev–Trinajstić information content (AvgIpc) is 3.03. The van der Waals surface area contributed by atoms with E-state index in [0.29, 0.717) is 0 Å². The molecular formula is C18H28S2. The van der Waals surface area contributed by atoms with Crippen LogP contribution in [0.5, 0.6) is 0 Å². The molecular weight excluding hydrogens is 280 g/mol. The summed E-state index contributed by atoms with van der Waals surface area (Å²) in [4.78, 5) is 0. The standard InChI is InChI=1S/C18H28S2/c1-3-5-7-9-11-15-13-19-18-16(14-20-17(15)18)12-10-8-6-4-2/h13-14H,3-12H2,1-2H3. The van der Waals surface area contributed by atoms with E-state index >= 15 is 0 Å². The molecule has 0 saturated carbocycles. The Morgan fingerprint density at radius 2 is 1.10 bits per heavy atom. The van der Waals surface area contributed by atoms with Crippen molar-refractivity contribution in [1.29, 1.82) is 0 Å². The third-order valence-electron chi connectivity index (χ3n) is 4.03. The highest BCUT2D eigenvalue weighted by Gasteiger charge is 2.10. The molecule has 0 aliphatic heterocycles. The van der Waals surface area contributed by atoms with Crippen molar-refractivity contribution in [2.75, 3.05) is 0 Å². The summed E-state index contributed by atoms with van der Waals surface area (Å²) in [6, 6.07) is 0. The third kappa shape index (κ3) is 4.33. The molecule has 0 spiro atoms. The second-order valence-corrected chi connectivity index (χ2v) is 7.56. The molecule has 0 radical (unpaired) electrons. The van der Waals surface area contributed by atoms with Crippen LogP contribution in [0.1, 0.15) is 76.3 Å². The van der Waals surface area contributed by atoms with Crippen molar-refractivity contribution in [3.05, 3.63) is 21.9 Å². The van der Waals surface area contributed by atoms with Crippen LogP contribution in [0.3, 0.4) is 0 Å². The van der Waals surface area contributed by atoms with Crippen LogP contribution in [-0.4, -0.2) is 0 Å². The number of fused-ring (bicyclic) bond motifs is 1. The SMILES string of the molecule is CCCCCCc1csc2c(CCCCCC)csc12. The summed E-state index contributed by atoms with van der Waals surface area (Å²) in [5, 5.41) is 4.84. The summed E-state index contributed by atoms with van der Waals surface area (Å²) in [6.07, 6.45) is 13.5. The first-order valence-corrected chi connectivity index (χ1v) is 10.1. The van der Waals surface area contributed by atoms with Gasteiger partial charge in [-0.15, -0.1) is 22.7 Å². The molecule has 20 heavy (non-hydrogen) atoms. The molecule has 0 atom stereocenters. The Labute approximate surface area is 132 Å². The smallest absolute Gasteiger partial charge is 0.0485 e. The Bertz CT molecular complexity index is 446. The van der Waals surface area contributed by atoms with Crippen molar-refractivity contribution in [3.63, 3.8) is 0 Å². The lowest BCUT2D eigenvalue weighted by molar-refractivity contribution is 0.668. The van der Waals surface area contributed by atoms with Crippen molar-refractivity contribution in [1.82, 2.24) is 0 Å². The van der Waals surface area contributed by atoms with E-state index in [-0.39, 0.29) is 0 Å². The minimum atomic E-state index is 1.29. The minimum Gasteiger partial charge on any atom is -0.142 e. The van der Waals surface area contributed by atoms with Crippen LogP contribution in [0.2, 0.25) is 0 Å². The molecule has 0 aliphatic rings. The van der Waals surface area contributed by atoms with Gasteiger partial charge in [-0.2, -0.15) is 0 Å². The molecule has 2 rings (SSSR count). The summed E-state index contributed by atoms with van der Waals surface area (Å²) < 4.78 is 3.19. The Balaban J connectivity index is 1.90. The molecule has 0 aromatic carbocycles. The van der Waals surface area contributed by atoms with Crippen molar-refractivity contribution >= 4 is 32.1 Å². The highest BCUT2D eigenvalue weighted by Crippen LogP contribution is 2.36. The third-order valence-corrected chi connectivity index (χ3v) is 6.36. The zero-order chi connectivity index (χ0) is 14.2. The molecule has 0 unspecified atom stereocenters. The van der Waals surface area contributed by atoms with Gasteiger partial charge in [0, 0.05) is 9.40 Å². The predicted molar refractivity (Wildman–Crippen MR) is 95.4 cm³/mol. The van der Waals surface area contributed by atoms with Gasteiger partial charge in [0.1, 0.15) is 0 Å². The van der Waals surface area contributed by atoms with E-state index in [9.17, 15) is 0 Å². The topological polar surface area (TPSA) is 0 Å². The predicted octanol–water partition coefficient (Wildman–Crippen LogP) is 7.21. The van der Waals surface area contributed by atoms with Crippen LogP contribution in [-0.2, 0) is 12.8 Å². The number of unbranched alkanes of at least 4 members (excludes halogenated alkanes) is 6. The van der Waals surface area contributed by atoms with E-state index in [1.807, 2.05) is 22.7 Å². The monoisotopic (exact) mass is 308 g/mol. The molecule has 2 aromatic heterocycles. The fourth-order valence-corrected chi connectivity index (χ4v) is 5.28.